The van der Waals surface area contributed by atoms with Crippen LogP contribution in [-0.4, -0.2) is 36.1 Å². The van der Waals surface area contributed by atoms with Crippen LogP contribution < -0.4 is 14.8 Å². The molecule has 3 aromatic carbocycles. The zero-order valence-corrected chi connectivity index (χ0v) is 20.5. The molecule has 3 aromatic rings. The Kier molecular flexibility index (Phi) is 8.27. The first kappa shape index (κ1) is 24.6. The fraction of sp³-hybridized carbons (Fsp3) is 0.286. The van der Waals surface area contributed by atoms with Crippen LogP contribution in [0.25, 0.3) is 0 Å². The third-order valence-corrected chi connectivity index (χ3v) is 6.16. The summed E-state index contributed by atoms with van der Waals surface area (Å²) in [7, 11) is 0. The van der Waals surface area contributed by atoms with Gasteiger partial charge in [-0.05, 0) is 54.3 Å². The molecule has 0 aromatic heterocycles. The topological polar surface area (TPSA) is 67.9 Å². The maximum atomic E-state index is 13.6. The van der Waals surface area contributed by atoms with Gasteiger partial charge in [0.25, 0.3) is 0 Å². The Bertz CT molecular complexity index is 1170. The van der Waals surface area contributed by atoms with Crippen LogP contribution in [-0.2, 0) is 29.0 Å². The molecule has 0 saturated carbocycles. The molecule has 0 fully saturated rings. The monoisotopic (exact) mass is 492 g/mol. The molecule has 1 atom stereocenters. The summed E-state index contributed by atoms with van der Waals surface area (Å²) in [5.41, 5.74) is 2.84. The number of carbonyl (C=O) groups excluding carboxylic acids is 2. The lowest BCUT2D eigenvalue weighted by Gasteiger charge is -2.31. The maximum Gasteiger partial charge on any atom is 0.243 e. The molecule has 4 rings (SSSR count). The molecule has 2 amide bonds. The lowest BCUT2D eigenvalue weighted by atomic mass is 10.0. The fourth-order valence-electron chi connectivity index (χ4n) is 4.17. The van der Waals surface area contributed by atoms with Crippen LogP contribution >= 0.6 is 11.6 Å². The van der Waals surface area contributed by atoms with Crippen molar-refractivity contribution in [3.05, 3.63) is 94.5 Å². The first-order chi connectivity index (χ1) is 17.0. The van der Waals surface area contributed by atoms with Gasteiger partial charge in [-0.15, -0.1) is 0 Å². The van der Waals surface area contributed by atoms with E-state index in [2.05, 4.69) is 5.32 Å². The van der Waals surface area contributed by atoms with Gasteiger partial charge < -0.3 is 19.7 Å². The van der Waals surface area contributed by atoms with Gasteiger partial charge in [-0.2, -0.15) is 0 Å². The van der Waals surface area contributed by atoms with Gasteiger partial charge in [-0.25, -0.2) is 0 Å². The highest BCUT2D eigenvalue weighted by molar-refractivity contribution is 6.30. The number of halogens is 1. The highest BCUT2D eigenvalue weighted by Crippen LogP contribution is 2.33. The number of ether oxygens (including phenoxy) is 2. The second-order valence-corrected chi connectivity index (χ2v) is 8.88. The van der Waals surface area contributed by atoms with Crippen LogP contribution in [0, 0.1) is 0 Å². The number of benzene rings is 3. The van der Waals surface area contributed by atoms with Crippen molar-refractivity contribution in [2.75, 3.05) is 13.3 Å². The van der Waals surface area contributed by atoms with E-state index in [9.17, 15) is 9.59 Å². The fourth-order valence-corrected chi connectivity index (χ4v) is 4.38. The molecule has 6 nitrogen and oxygen atoms in total. The van der Waals surface area contributed by atoms with Crippen molar-refractivity contribution in [3.8, 4) is 11.5 Å². The normalized spacial score (nSPS) is 12.7. The van der Waals surface area contributed by atoms with Gasteiger partial charge in [0.15, 0.2) is 11.5 Å². The van der Waals surface area contributed by atoms with Crippen molar-refractivity contribution in [3.63, 3.8) is 0 Å². The van der Waals surface area contributed by atoms with E-state index in [1.165, 1.54) is 0 Å². The number of nitrogens with one attached hydrogen (secondary N) is 1. The van der Waals surface area contributed by atoms with Crippen molar-refractivity contribution in [2.24, 2.45) is 0 Å². The molecular weight excluding hydrogens is 464 g/mol. The van der Waals surface area contributed by atoms with Crippen LogP contribution in [0.2, 0.25) is 5.02 Å². The Morgan fingerprint density at radius 1 is 0.943 bits per heavy atom. The summed E-state index contributed by atoms with van der Waals surface area (Å²) in [5, 5.41) is 3.50. The lowest BCUT2D eigenvalue weighted by molar-refractivity contribution is -0.141. The molecule has 0 radical (unpaired) electrons. The molecule has 1 aliphatic heterocycles. The molecule has 182 valence electrons. The minimum absolute atomic E-state index is 0.102. The standard InChI is InChI=1S/C28H29ClN2O4/c1-2-30-28(33)24(16-20-7-4-3-5-8-20)31(18-22-9-6-10-23(29)15-22)27(32)14-12-21-11-13-25-26(17-21)35-19-34-25/h3-11,13,15,17,24H,2,12,14,16,18-19H2,1H3,(H,30,33). The van der Waals surface area contributed by atoms with Crippen molar-refractivity contribution in [1.82, 2.24) is 10.2 Å². The number of likely N-dealkylation sites (N-methyl/N-ethyl adjacent to an activating group) is 1. The molecule has 35 heavy (non-hydrogen) atoms. The number of amides is 2. The Balaban J connectivity index is 1.58. The summed E-state index contributed by atoms with van der Waals surface area (Å²) in [6, 6.07) is 22.2. The second kappa shape index (κ2) is 11.8. The second-order valence-electron chi connectivity index (χ2n) is 8.44. The average molecular weight is 493 g/mol. The number of carbonyl (C=O) groups is 2. The average Bonchev–Trinajstić information content (AvgIpc) is 3.33. The summed E-state index contributed by atoms with van der Waals surface area (Å²) in [5.74, 6) is 1.13. The van der Waals surface area contributed by atoms with E-state index >= 15 is 0 Å². The summed E-state index contributed by atoms with van der Waals surface area (Å²) >= 11 is 6.21. The Morgan fingerprint density at radius 2 is 1.71 bits per heavy atom. The van der Waals surface area contributed by atoms with E-state index in [0.29, 0.717) is 35.9 Å². The van der Waals surface area contributed by atoms with Gasteiger partial charge in [0.05, 0.1) is 0 Å². The molecule has 1 aliphatic rings. The van der Waals surface area contributed by atoms with Crippen molar-refractivity contribution < 1.29 is 19.1 Å². The molecule has 0 saturated heterocycles. The zero-order chi connectivity index (χ0) is 24.6. The highest BCUT2D eigenvalue weighted by Gasteiger charge is 2.30. The third kappa shape index (κ3) is 6.55. The molecule has 1 unspecified atom stereocenters. The number of nitrogens with zero attached hydrogens (tertiary/aromatic N) is 1. The van der Waals surface area contributed by atoms with E-state index in [1.54, 1.807) is 11.0 Å². The first-order valence-electron chi connectivity index (χ1n) is 11.8. The van der Waals surface area contributed by atoms with Crippen LogP contribution in [0.1, 0.15) is 30.0 Å². The van der Waals surface area contributed by atoms with Gasteiger partial charge in [-0.1, -0.05) is 60.1 Å². The zero-order valence-electron chi connectivity index (χ0n) is 19.7. The smallest absolute Gasteiger partial charge is 0.243 e. The predicted molar refractivity (Wildman–Crippen MR) is 136 cm³/mol. The SMILES string of the molecule is CCNC(=O)C(Cc1ccccc1)N(Cc1cccc(Cl)c1)C(=O)CCc1ccc2c(c1)OCO2. The van der Waals surface area contributed by atoms with Crippen LogP contribution in [0.15, 0.2) is 72.8 Å². The summed E-state index contributed by atoms with van der Waals surface area (Å²) in [6.07, 6.45) is 1.20. The molecule has 0 spiro atoms. The minimum atomic E-state index is -0.652. The highest BCUT2D eigenvalue weighted by atomic mass is 35.5. The summed E-state index contributed by atoms with van der Waals surface area (Å²) in [4.78, 5) is 28.5. The summed E-state index contributed by atoms with van der Waals surface area (Å²) in [6.45, 7) is 2.86. The first-order valence-corrected chi connectivity index (χ1v) is 12.2. The van der Waals surface area contributed by atoms with Crippen LogP contribution in [0.5, 0.6) is 11.5 Å². The van der Waals surface area contributed by atoms with E-state index in [0.717, 1.165) is 16.7 Å². The lowest BCUT2D eigenvalue weighted by Crippen LogP contribution is -2.50. The number of rotatable bonds is 10. The van der Waals surface area contributed by atoms with Gasteiger partial charge in [0, 0.05) is 31.0 Å². The maximum absolute atomic E-state index is 13.6. The van der Waals surface area contributed by atoms with Crippen LogP contribution in [0.3, 0.4) is 0 Å². The Labute approximate surface area is 210 Å². The largest absolute Gasteiger partial charge is 0.454 e. The Morgan fingerprint density at radius 3 is 2.49 bits per heavy atom. The number of fused-ring (bicyclic) bond motifs is 1. The number of hydrogen-bond donors (Lipinski definition) is 1. The van der Waals surface area contributed by atoms with Gasteiger partial charge in [0.2, 0.25) is 18.6 Å². The quantitative estimate of drug-likeness (QED) is 0.442. The van der Waals surface area contributed by atoms with Crippen molar-refractivity contribution >= 4 is 23.4 Å². The minimum Gasteiger partial charge on any atom is -0.454 e. The molecule has 0 bridgehead atoms. The Hall–Kier alpha value is -3.51. The van der Waals surface area contributed by atoms with E-state index < -0.39 is 6.04 Å². The predicted octanol–water partition coefficient (Wildman–Crippen LogP) is 4.78. The van der Waals surface area contributed by atoms with Crippen LogP contribution in [0.4, 0.5) is 0 Å². The van der Waals surface area contributed by atoms with E-state index in [-0.39, 0.29) is 31.6 Å². The van der Waals surface area contributed by atoms with Crippen molar-refractivity contribution in [1.29, 1.82) is 0 Å². The van der Waals surface area contributed by atoms with E-state index in [1.807, 2.05) is 73.7 Å². The van der Waals surface area contributed by atoms with Gasteiger partial charge >= 0.3 is 0 Å². The molecule has 1 heterocycles. The molecule has 0 aliphatic carbocycles. The number of hydrogen-bond acceptors (Lipinski definition) is 4. The number of aryl methyl sites for hydroxylation is 1. The molecular formula is C28H29ClN2O4. The van der Waals surface area contributed by atoms with Crippen molar-refractivity contribution in [2.45, 2.75) is 38.8 Å². The summed E-state index contributed by atoms with van der Waals surface area (Å²) < 4.78 is 10.8. The third-order valence-electron chi connectivity index (χ3n) is 5.93. The molecule has 7 heteroatoms. The van der Waals surface area contributed by atoms with E-state index in [4.69, 9.17) is 21.1 Å². The molecule has 1 N–H and O–H groups in total. The van der Waals surface area contributed by atoms with Gasteiger partial charge in [-0.3, -0.25) is 9.59 Å². The van der Waals surface area contributed by atoms with Gasteiger partial charge in [0.1, 0.15) is 6.04 Å².